The van der Waals surface area contributed by atoms with Crippen LogP contribution in [-0.4, -0.2) is 28.8 Å². The second kappa shape index (κ2) is 10.2. The zero-order valence-electron chi connectivity index (χ0n) is 16.4. The molecule has 6 heteroatoms. The van der Waals surface area contributed by atoms with Crippen molar-refractivity contribution in [1.29, 1.82) is 0 Å². The van der Waals surface area contributed by atoms with Gasteiger partial charge in [0.1, 0.15) is 11.9 Å². The molecule has 2 aromatic rings. The lowest BCUT2D eigenvalue weighted by atomic mass is 10.1. The highest BCUT2D eigenvalue weighted by Crippen LogP contribution is 2.17. The van der Waals surface area contributed by atoms with Gasteiger partial charge in [-0.1, -0.05) is 42.8 Å². The Labute approximate surface area is 170 Å². The molecule has 0 heterocycles. The van der Waals surface area contributed by atoms with E-state index in [1.54, 1.807) is 29.2 Å². The summed E-state index contributed by atoms with van der Waals surface area (Å²) in [7, 11) is 0. The molecule has 2 rings (SSSR count). The number of benzene rings is 2. The van der Waals surface area contributed by atoms with Crippen molar-refractivity contribution in [2.24, 2.45) is 0 Å². The molecule has 0 saturated heterocycles. The molecule has 4 nitrogen and oxygen atoms in total. The first-order valence-electron chi connectivity index (χ1n) is 9.39. The van der Waals surface area contributed by atoms with Gasteiger partial charge < -0.3 is 10.2 Å². The molecular weight excluding hydrogens is 379 g/mol. The lowest BCUT2D eigenvalue weighted by molar-refractivity contribution is -0.141. The summed E-state index contributed by atoms with van der Waals surface area (Å²) >= 11 is 5.95. The van der Waals surface area contributed by atoms with Crippen LogP contribution < -0.4 is 5.32 Å². The molecule has 1 atom stereocenters. The van der Waals surface area contributed by atoms with Crippen LogP contribution in [0.25, 0.3) is 0 Å². The topological polar surface area (TPSA) is 49.4 Å². The van der Waals surface area contributed by atoms with E-state index in [0.717, 1.165) is 5.56 Å². The van der Waals surface area contributed by atoms with Gasteiger partial charge in [0.15, 0.2) is 0 Å². The highest BCUT2D eigenvalue weighted by molar-refractivity contribution is 6.30. The molecular formula is C22H26ClFN2O2. The third-order valence-electron chi connectivity index (χ3n) is 4.35. The Bertz CT molecular complexity index is 791. The zero-order chi connectivity index (χ0) is 20.7. The second-order valence-electron chi connectivity index (χ2n) is 7.04. The molecule has 0 aliphatic heterocycles. The highest BCUT2D eigenvalue weighted by atomic mass is 35.5. The fraction of sp³-hybridized carbons (Fsp3) is 0.364. The van der Waals surface area contributed by atoms with Crippen molar-refractivity contribution >= 4 is 23.4 Å². The maximum atomic E-state index is 13.2. The minimum absolute atomic E-state index is 0.0221. The van der Waals surface area contributed by atoms with Crippen molar-refractivity contribution in [3.8, 4) is 0 Å². The van der Waals surface area contributed by atoms with Gasteiger partial charge in [-0.05, 0) is 55.7 Å². The molecule has 1 N–H and O–H groups in total. The number of rotatable bonds is 8. The Morgan fingerprint density at radius 2 is 1.61 bits per heavy atom. The molecule has 0 spiro atoms. The van der Waals surface area contributed by atoms with Crippen LogP contribution in [0.3, 0.4) is 0 Å². The summed E-state index contributed by atoms with van der Waals surface area (Å²) < 4.78 is 13.2. The first-order valence-corrected chi connectivity index (χ1v) is 9.76. The van der Waals surface area contributed by atoms with Gasteiger partial charge in [0.25, 0.3) is 0 Å². The smallest absolute Gasteiger partial charge is 0.243 e. The van der Waals surface area contributed by atoms with E-state index in [9.17, 15) is 14.0 Å². The van der Waals surface area contributed by atoms with Crippen LogP contribution in [0.5, 0.6) is 0 Å². The van der Waals surface area contributed by atoms with E-state index in [4.69, 9.17) is 11.6 Å². The standard InChI is InChI=1S/C22H26ClFN2O2/c1-4-20(22(28)25-15(2)3)26(14-17-5-9-18(23)10-6-17)21(27)13-16-7-11-19(24)12-8-16/h5-12,15,20H,4,13-14H2,1-3H3,(H,25,28)/t20-/m0/s1. The number of hydrogen-bond acceptors (Lipinski definition) is 2. The Morgan fingerprint density at radius 3 is 2.14 bits per heavy atom. The van der Waals surface area contributed by atoms with Gasteiger partial charge in [-0.25, -0.2) is 4.39 Å². The lowest BCUT2D eigenvalue weighted by Gasteiger charge is -2.31. The number of nitrogens with one attached hydrogen (secondary N) is 1. The summed E-state index contributed by atoms with van der Waals surface area (Å²) in [5, 5.41) is 3.50. The largest absolute Gasteiger partial charge is 0.352 e. The number of carbonyl (C=O) groups excluding carboxylic acids is 2. The van der Waals surface area contributed by atoms with E-state index in [-0.39, 0.29) is 30.1 Å². The zero-order valence-corrected chi connectivity index (χ0v) is 17.2. The number of halogens is 2. The molecule has 0 radical (unpaired) electrons. The normalized spacial score (nSPS) is 11.9. The van der Waals surface area contributed by atoms with Crippen molar-refractivity contribution < 1.29 is 14.0 Å². The minimum atomic E-state index is -0.592. The minimum Gasteiger partial charge on any atom is -0.352 e. The van der Waals surface area contributed by atoms with Gasteiger partial charge in [-0.15, -0.1) is 0 Å². The van der Waals surface area contributed by atoms with Crippen LogP contribution in [0.4, 0.5) is 4.39 Å². The van der Waals surface area contributed by atoms with Crippen molar-refractivity contribution in [3.05, 3.63) is 70.5 Å². The van der Waals surface area contributed by atoms with Crippen LogP contribution in [0.2, 0.25) is 5.02 Å². The van der Waals surface area contributed by atoms with E-state index in [1.807, 2.05) is 32.9 Å². The molecule has 0 bridgehead atoms. The quantitative estimate of drug-likeness (QED) is 0.710. The molecule has 2 amide bonds. The van der Waals surface area contributed by atoms with E-state index in [2.05, 4.69) is 5.32 Å². The summed E-state index contributed by atoms with van der Waals surface area (Å²) in [5.74, 6) is -0.719. The third kappa shape index (κ3) is 6.34. The SMILES string of the molecule is CC[C@@H](C(=O)NC(C)C)N(Cc1ccc(Cl)cc1)C(=O)Cc1ccc(F)cc1. The maximum absolute atomic E-state index is 13.2. The van der Waals surface area contributed by atoms with Crippen LogP contribution >= 0.6 is 11.6 Å². The van der Waals surface area contributed by atoms with Gasteiger partial charge in [-0.3, -0.25) is 9.59 Å². The molecule has 0 saturated carbocycles. The predicted octanol–water partition coefficient (Wildman–Crippen LogP) is 4.35. The van der Waals surface area contributed by atoms with E-state index in [0.29, 0.717) is 23.6 Å². The number of hydrogen-bond donors (Lipinski definition) is 1. The molecule has 0 aliphatic rings. The van der Waals surface area contributed by atoms with Crippen molar-refractivity contribution in [2.75, 3.05) is 0 Å². The van der Waals surface area contributed by atoms with Crippen LogP contribution in [-0.2, 0) is 22.6 Å². The van der Waals surface area contributed by atoms with Gasteiger partial charge in [-0.2, -0.15) is 0 Å². The van der Waals surface area contributed by atoms with Crippen molar-refractivity contribution in [2.45, 2.75) is 52.2 Å². The van der Waals surface area contributed by atoms with Crippen molar-refractivity contribution in [3.63, 3.8) is 0 Å². The van der Waals surface area contributed by atoms with Crippen molar-refractivity contribution in [1.82, 2.24) is 10.2 Å². The van der Waals surface area contributed by atoms with Gasteiger partial charge >= 0.3 is 0 Å². The van der Waals surface area contributed by atoms with Crippen LogP contribution in [0, 0.1) is 5.82 Å². The van der Waals surface area contributed by atoms with E-state index >= 15 is 0 Å². The van der Waals surface area contributed by atoms with Crippen LogP contribution in [0.1, 0.15) is 38.3 Å². The average molecular weight is 405 g/mol. The highest BCUT2D eigenvalue weighted by Gasteiger charge is 2.28. The third-order valence-corrected chi connectivity index (χ3v) is 4.60. The molecule has 28 heavy (non-hydrogen) atoms. The fourth-order valence-electron chi connectivity index (χ4n) is 2.97. The molecule has 0 unspecified atom stereocenters. The summed E-state index contributed by atoms with van der Waals surface area (Å²) in [4.78, 5) is 27.4. The fourth-order valence-corrected chi connectivity index (χ4v) is 3.09. The summed E-state index contributed by atoms with van der Waals surface area (Å²) in [6.07, 6.45) is 0.584. The summed E-state index contributed by atoms with van der Waals surface area (Å²) in [6.45, 7) is 5.94. The number of carbonyl (C=O) groups is 2. The lowest BCUT2D eigenvalue weighted by Crippen LogP contribution is -2.50. The van der Waals surface area contributed by atoms with E-state index in [1.165, 1.54) is 12.1 Å². The molecule has 150 valence electrons. The summed E-state index contributed by atoms with van der Waals surface area (Å²) in [5.41, 5.74) is 1.58. The number of amides is 2. The first kappa shape index (κ1) is 21.9. The number of nitrogens with zero attached hydrogens (tertiary/aromatic N) is 1. The van der Waals surface area contributed by atoms with Crippen LogP contribution in [0.15, 0.2) is 48.5 Å². The van der Waals surface area contributed by atoms with Gasteiger partial charge in [0.2, 0.25) is 11.8 Å². The predicted molar refractivity (Wildman–Crippen MR) is 109 cm³/mol. The Balaban J connectivity index is 2.27. The monoisotopic (exact) mass is 404 g/mol. The molecule has 2 aromatic carbocycles. The molecule has 0 fully saturated rings. The Morgan fingerprint density at radius 1 is 1.04 bits per heavy atom. The average Bonchev–Trinajstić information content (AvgIpc) is 2.64. The molecule has 0 aliphatic carbocycles. The van der Waals surface area contributed by atoms with Gasteiger partial charge in [0, 0.05) is 17.6 Å². The second-order valence-corrected chi connectivity index (χ2v) is 7.48. The van der Waals surface area contributed by atoms with E-state index < -0.39 is 6.04 Å². The van der Waals surface area contributed by atoms with Gasteiger partial charge in [0.05, 0.1) is 6.42 Å². The summed E-state index contributed by atoms with van der Waals surface area (Å²) in [6, 6.07) is 12.4. The molecule has 0 aromatic heterocycles. The Kier molecular flexibility index (Phi) is 8.00. The Hall–Kier alpha value is -2.40. The maximum Gasteiger partial charge on any atom is 0.243 e. The first-order chi connectivity index (χ1) is 13.3.